The van der Waals surface area contributed by atoms with Gasteiger partial charge in [-0.25, -0.2) is 9.78 Å². The van der Waals surface area contributed by atoms with Gasteiger partial charge in [0.05, 0.1) is 16.6 Å². The van der Waals surface area contributed by atoms with E-state index in [1.807, 2.05) is 60.7 Å². The molecule has 7 heteroatoms. The van der Waals surface area contributed by atoms with Crippen molar-refractivity contribution in [1.29, 1.82) is 0 Å². The normalized spacial score (nSPS) is 11.7. The number of imide groups is 1. The maximum atomic E-state index is 11.9. The van der Waals surface area contributed by atoms with Crippen LogP contribution in [0.25, 0.3) is 22.5 Å². The molecule has 3 amide bonds. The third kappa shape index (κ3) is 4.12. The molecule has 0 spiro atoms. The van der Waals surface area contributed by atoms with Gasteiger partial charge in [0, 0.05) is 11.1 Å². The maximum absolute atomic E-state index is 11.9. The van der Waals surface area contributed by atoms with Crippen molar-refractivity contribution in [3.8, 4) is 22.5 Å². The van der Waals surface area contributed by atoms with Gasteiger partial charge in [-0.05, 0) is 6.92 Å². The highest BCUT2D eigenvalue weighted by Crippen LogP contribution is 2.33. The summed E-state index contributed by atoms with van der Waals surface area (Å²) in [6, 6.07) is 18.8. The smallest absolute Gasteiger partial charge is 0.318 e. The predicted octanol–water partition coefficient (Wildman–Crippen LogP) is 3.42. The third-order valence-corrected chi connectivity index (χ3v) is 4.68. The standard InChI is InChI=1S/C19H18N4O2S/c1-12(17(24)23-18(20)25)26-19-21-15(13-8-4-2-5-9-13)16(22-19)14-10-6-3-7-11-14/h2-12H,1H3,(H,21,22)(H3,20,23,24,25). The fraction of sp³-hybridized carbons (Fsp3) is 0.105. The lowest BCUT2D eigenvalue weighted by molar-refractivity contribution is -0.119. The van der Waals surface area contributed by atoms with Crippen molar-refractivity contribution in [2.75, 3.05) is 0 Å². The van der Waals surface area contributed by atoms with Gasteiger partial charge in [-0.1, -0.05) is 72.4 Å². The number of thioether (sulfide) groups is 1. The zero-order valence-corrected chi connectivity index (χ0v) is 14.9. The van der Waals surface area contributed by atoms with Crippen LogP contribution in [0.5, 0.6) is 0 Å². The van der Waals surface area contributed by atoms with Gasteiger partial charge in [0.1, 0.15) is 0 Å². The number of urea groups is 1. The highest BCUT2D eigenvalue weighted by Gasteiger charge is 2.20. The SMILES string of the molecule is CC(Sc1nc(-c2ccccc2)c(-c2ccccc2)[nH]1)C(=O)NC(N)=O. The third-order valence-electron chi connectivity index (χ3n) is 3.70. The number of amides is 3. The molecule has 0 saturated heterocycles. The molecule has 132 valence electrons. The number of primary amides is 1. The Balaban J connectivity index is 1.94. The Morgan fingerprint density at radius 2 is 1.62 bits per heavy atom. The molecule has 0 fully saturated rings. The lowest BCUT2D eigenvalue weighted by Crippen LogP contribution is -2.39. The van der Waals surface area contributed by atoms with E-state index in [4.69, 9.17) is 5.73 Å². The Bertz CT molecular complexity index is 853. The van der Waals surface area contributed by atoms with Gasteiger partial charge in [-0.15, -0.1) is 0 Å². The lowest BCUT2D eigenvalue weighted by atomic mass is 10.1. The van der Waals surface area contributed by atoms with Gasteiger partial charge in [-0.3, -0.25) is 10.1 Å². The number of nitrogens with one attached hydrogen (secondary N) is 2. The fourth-order valence-corrected chi connectivity index (χ4v) is 3.28. The van der Waals surface area contributed by atoms with E-state index >= 15 is 0 Å². The Morgan fingerprint density at radius 3 is 2.19 bits per heavy atom. The summed E-state index contributed by atoms with van der Waals surface area (Å²) in [5, 5.41) is 2.15. The number of H-pyrrole nitrogens is 1. The van der Waals surface area contributed by atoms with Crippen molar-refractivity contribution in [3.05, 3.63) is 60.7 Å². The van der Waals surface area contributed by atoms with E-state index in [9.17, 15) is 9.59 Å². The average molecular weight is 366 g/mol. The van der Waals surface area contributed by atoms with Crippen LogP contribution < -0.4 is 11.1 Å². The number of carbonyl (C=O) groups is 2. The van der Waals surface area contributed by atoms with E-state index in [-0.39, 0.29) is 0 Å². The lowest BCUT2D eigenvalue weighted by Gasteiger charge is -2.07. The Labute approximate surface area is 155 Å². The monoisotopic (exact) mass is 366 g/mol. The number of rotatable bonds is 5. The van der Waals surface area contributed by atoms with Crippen LogP contribution in [-0.4, -0.2) is 27.2 Å². The van der Waals surface area contributed by atoms with Gasteiger partial charge in [-0.2, -0.15) is 0 Å². The molecular weight excluding hydrogens is 348 g/mol. The van der Waals surface area contributed by atoms with Crippen molar-refractivity contribution in [1.82, 2.24) is 15.3 Å². The van der Waals surface area contributed by atoms with Crippen molar-refractivity contribution in [2.24, 2.45) is 5.73 Å². The predicted molar refractivity (Wildman–Crippen MR) is 103 cm³/mol. The summed E-state index contributed by atoms with van der Waals surface area (Å²) in [6.45, 7) is 1.69. The molecule has 1 aromatic heterocycles. The zero-order chi connectivity index (χ0) is 18.5. The van der Waals surface area contributed by atoms with Crippen molar-refractivity contribution in [2.45, 2.75) is 17.3 Å². The number of hydrogen-bond acceptors (Lipinski definition) is 4. The zero-order valence-electron chi connectivity index (χ0n) is 14.1. The summed E-state index contributed by atoms with van der Waals surface area (Å²) in [6.07, 6.45) is 0. The van der Waals surface area contributed by atoms with Crippen LogP contribution in [0.1, 0.15) is 6.92 Å². The maximum Gasteiger partial charge on any atom is 0.318 e. The molecule has 0 aliphatic rings. The topological polar surface area (TPSA) is 101 Å². The molecule has 3 aromatic rings. The molecular formula is C19H18N4O2S. The average Bonchev–Trinajstić information content (AvgIpc) is 3.06. The van der Waals surface area contributed by atoms with Crippen LogP contribution >= 0.6 is 11.8 Å². The second-order valence-electron chi connectivity index (χ2n) is 5.61. The molecule has 0 bridgehead atoms. The number of benzene rings is 2. The van der Waals surface area contributed by atoms with Crippen LogP contribution in [0.15, 0.2) is 65.8 Å². The van der Waals surface area contributed by atoms with Crippen LogP contribution in [-0.2, 0) is 4.79 Å². The number of aromatic nitrogens is 2. The highest BCUT2D eigenvalue weighted by atomic mass is 32.2. The summed E-state index contributed by atoms with van der Waals surface area (Å²) >= 11 is 1.23. The fourth-order valence-electron chi connectivity index (χ4n) is 2.47. The van der Waals surface area contributed by atoms with E-state index in [0.717, 1.165) is 22.5 Å². The van der Waals surface area contributed by atoms with Gasteiger partial charge in [0.15, 0.2) is 5.16 Å². The molecule has 0 saturated carbocycles. The van der Waals surface area contributed by atoms with Crippen LogP contribution in [0.2, 0.25) is 0 Å². The number of imidazole rings is 1. The molecule has 1 unspecified atom stereocenters. The molecule has 4 N–H and O–H groups in total. The minimum atomic E-state index is -0.864. The summed E-state index contributed by atoms with van der Waals surface area (Å²) in [5.74, 6) is -0.457. The summed E-state index contributed by atoms with van der Waals surface area (Å²) in [4.78, 5) is 30.7. The Kier molecular flexibility index (Phi) is 5.38. The van der Waals surface area contributed by atoms with E-state index < -0.39 is 17.2 Å². The Hall–Kier alpha value is -3.06. The van der Waals surface area contributed by atoms with Gasteiger partial charge < -0.3 is 10.7 Å². The first-order valence-corrected chi connectivity index (χ1v) is 8.90. The van der Waals surface area contributed by atoms with Crippen molar-refractivity contribution >= 4 is 23.7 Å². The molecule has 26 heavy (non-hydrogen) atoms. The van der Waals surface area contributed by atoms with E-state index in [1.165, 1.54) is 11.8 Å². The van der Waals surface area contributed by atoms with Crippen molar-refractivity contribution in [3.63, 3.8) is 0 Å². The molecule has 3 rings (SSSR count). The second kappa shape index (κ2) is 7.88. The molecule has 0 aliphatic carbocycles. The molecule has 0 aliphatic heterocycles. The number of aromatic amines is 1. The summed E-state index contributed by atoms with van der Waals surface area (Å²) in [5.41, 5.74) is 8.66. The minimum Gasteiger partial charge on any atom is -0.351 e. The quantitative estimate of drug-likeness (QED) is 0.602. The molecule has 1 atom stereocenters. The number of nitrogens with two attached hydrogens (primary N) is 1. The largest absolute Gasteiger partial charge is 0.351 e. The molecule has 1 heterocycles. The van der Waals surface area contributed by atoms with Gasteiger partial charge >= 0.3 is 6.03 Å². The summed E-state index contributed by atoms with van der Waals surface area (Å²) in [7, 11) is 0. The van der Waals surface area contributed by atoms with Crippen LogP contribution in [0, 0.1) is 0 Å². The van der Waals surface area contributed by atoms with Gasteiger partial charge in [0.25, 0.3) is 0 Å². The number of nitrogens with zero attached hydrogens (tertiary/aromatic N) is 1. The van der Waals surface area contributed by atoms with E-state index in [0.29, 0.717) is 5.16 Å². The highest BCUT2D eigenvalue weighted by molar-refractivity contribution is 8.00. The minimum absolute atomic E-state index is 0.457. The number of hydrogen-bond donors (Lipinski definition) is 3. The van der Waals surface area contributed by atoms with Crippen LogP contribution in [0.3, 0.4) is 0 Å². The van der Waals surface area contributed by atoms with E-state index in [2.05, 4.69) is 15.3 Å². The second-order valence-corrected chi connectivity index (χ2v) is 6.94. The van der Waals surface area contributed by atoms with E-state index in [1.54, 1.807) is 6.92 Å². The Morgan fingerprint density at radius 1 is 1.04 bits per heavy atom. The first kappa shape index (κ1) is 17.8. The van der Waals surface area contributed by atoms with Gasteiger partial charge in [0.2, 0.25) is 5.91 Å². The molecule has 6 nitrogen and oxygen atoms in total. The first-order chi connectivity index (χ1) is 12.5. The van der Waals surface area contributed by atoms with Crippen LogP contribution in [0.4, 0.5) is 4.79 Å². The van der Waals surface area contributed by atoms with Crippen molar-refractivity contribution < 1.29 is 9.59 Å². The molecule has 2 aromatic carbocycles. The molecule has 0 radical (unpaired) electrons. The first-order valence-electron chi connectivity index (χ1n) is 8.02. The number of carbonyl (C=O) groups excluding carboxylic acids is 2. The summed E-state index contributed by atoms with van der Waals surface area (Å²) < 4.78 is 0.